The Hall–Kier alpha value is -2.08. The summed E-state index contributed by atoms with van der Waals surface area (Å²) in [5, 5.41) is 11.8. The first-order valence-electron chi connectivity index (χ1n) is 6.82. The van der Waals surface area contributed by atoms with Crippen molar-refractivity contribution in [2.24, 2.45) is 0 Å². The van der Waals surface area contributed by atoms with Crippen LogP contribution in [0.25, 0.3) is 0 Å². The molecule has 2 N–H and O–H groups in total. The van der Waals surface area contributed by atoms with Crippen LogP contribution in [0.1, 0.15) is 12.0 Å². The van der Waals surface area contributed by atoms with Gasteiger partial charge in [-0.1, -0.05) is 30.3 Å². The molecule has 0 radical (unpaired) electrons. The molecular formula is C15H22N2O4. The molecule has 1 rings (SSSR count). The molecule has 0 bridgehead atoms. The van der Waals surface area contributed by atoms with Gasteiger partial charge in [-0.15, -0.1) is 0 Å². The third-order valence-corrected chi connectivity index (χ3v) is 3.07. The number of methoxy groups -OCH3 is 1. The van der Waals surface area contributed by atoms with Gasteiger partial charge in [0.2, 0.25) is 0 Å². The third-order valence-electron chi connectivity index (χ3n) is 3.07. The number of benzene rings is 1. The summed E-state index contributed by atoms with van der Waals surface area (Å²) in [4.78, 5) is 24.7. The Morgan fingerprint density at radius 1 is 1.33 bits per heavy atom. The monoisotopic (exact) mass is 294 g/mol. The molecule has 1 atom stereocenters. The van der Waals surface area contributed by atoms with E-state index in [2.05, 4.69) is 5.32 Å². The smallest absolute Gasteiger partial charge is 0.326 e. The Balaban J connectivity index is 2.54. The number of carbonyl (C=O) groups is 2. The van der Waals surface area contributed by atoms with Crippen LogP contribution >= 0.6 is 0 Å². The van der Waals surface area contributed by atoms with Crippen LogP contribution in [0.2, 0.25) is 0 Å². The van der Waals surface area contributed by atoms with Crippen molar-refractivity contribution in [2.45, 2.75) is 18.9 Å². The maximum atomic E-state index is 12.0. The fourth-order valence-electron chi connectivity index (χ4n) is 1.86. The number of carbonyl (C=O) groups excluding carboxylic acids is 1. The molecule has 2 amide bonds. The molecule has 0 fully saturated rings. The summed E-state index contributed by atoms with van der Waals surface area (Å²) in [6.07, 6.45) is 0.963. The molecule has 0 saturated heterocycles. The summed E-state index contributed by atoms with van der Waals surface area (Å²) in [5.41, 5.74) is 0.868. The second kappa shape index (κ2) is 8.97. The number of nitrogens with zero attached hydrogens (tertiary/aromatic N) is 1. The van der Waals surface area contributed by atoms with E-state index in [1.807, 2.05) is 30.3 Å². The molecule has 0 aliphatic heterocycles. The molecule has 6 nitrogen and oxygen atoms in total. The number of rotatable bonds is 8. The molecular weight excluding hydrogens is 272 g/mol. The van der Waals surface area contributed by atoms with Gasteiger partial charge >= 0.3 is 12.0 Å². The highest BCUT2D eigenvalue weighted by Gasteiger charge is 2.21. The van der Waals surface area contributed by atoms with Gasteiger partial charge in [-0.05, 0) is 12.0 Å². The molecule has 0 aliphatic carbocycles. The summed E-state index contributed by atoms with van der Waals surface area (Å²) in [7, 11) is 3.23. The van der Waals surface area contributed by atoms with Crippen molar-refractivity contribution < 1.29 is 19.4 Å². The van der Waals surface area contributed by atoms with Crippen LogP contribution in [-0.4, -0.2) is 55.4 Å². The summed E-state index contributed by atoms with van der Waals surface area (Å²) in [6, 6.07) is 7.88. The van der Waals surface area contributed by atoms with E-state index in [9.17, 15) is 14.7 Å². The quantitative estimate of drug-likeness (QED) is 0.710. The van der Waals surface area contributed by atoms with Crippen molar-refractivity contribution in [1.82, 2.24) is 10.2 Å². The van der Waals surface area contributed by atoms with Crippen molar-refractivity contribution in [3.63, 3.8) is 0 Å². The highest BCUT2D eigenvalue weighted by molar-refractivity contribution is 5.82. The topological polar surface area (TPSA) is 78.9 Å². The van der Waals surface area contributed by atoms with E-state index in [0.29, 0.717) is 19.6 Å². The van der Waals surface area contributed by atoms with E-state index >= 15 is 0 Å². The molecule has 0 spiro atoms. The van der Waals surface area contributed by atoms with Gasteiger partial charge in [0, 0.05) is 33.7 Å². The lowest BCUT2D eigenvalue weighted by Gasteiger charge is -2.21. The van der Waals surface area contributed by atoms with E-state index in [0.717, 1.165) is 5.56 Å². The molecule has 1 aromatic rings. The molecule has 0 unspecified atom stereocenters. The van der Waals surface area contributed by atoms with Gasteiger partial charge in [0.15, 0.2) is 0 Å². The SMILES string of the molecule is COCCCN(C)C(=O)N[C@@H](Cc1ccccc1)C(=O)O. The number of ether oxygens (including phenoxy) is 1. The Morgan fingerprint density at radius 3 is 2.57 bits per heavy atom. The lowest BCUT2D eigenvalue weighted by atomic mass is 10.1. The molecule has 116 valence electrons. The largest absolute Gasteiger partial charge is 0.480 e. The van der Waals surface area contributed by atoms with Gasteiger partial charge in [-0.25, -0.2) is 9.59 Å². The van der Waals surface area contributed by atoms with Gasteiger partial charge in [0.05, 0.1) is 0 Å². The highest BCUT2D eigenvalue weighted by Crippen LogP contribution is 2.04. The maximum Gasteiger partial charge on any atom is 0.326 e. The first-order valence-corrected chi connectivity index (χ1v) is 6.82. The van der Waals surface area contributed by atoms with Gasteiger partial charge in [0.1, 0.15) is 6.04 Å². The van der Waals surface area contributed by atoms with Crippen molar-refractivity contribution in [3.8, 4) is 0 Å². The predicted octanol–water partition coefficient (Wildman–Crippen LogP) is 1.36. The third kappa shape index (κ3) is 6.27. The van der Waals surface area contributed by atoms with Gasteiger partial charge in [-0.2, -0.15) is 0 Å². The number of carboxylic acid groups (broad SMARTS) is 1. The van der Waals surface area contributed by atoms with Gasteiger partial charge in [0.25, 0.3) is 0 Å². The van der Waals surface area contributed by atoms with Crippen LogP contribution < -0.4 is 5.32 Å². The van der Waals surface area contributed by atoms with Crippen LogP contribution in [0.5, 0.6) is 0 Å². The van der Waals surface area contributed by atoms with Gasteiger partial charge in [-0.3, -0.25) is 0 Å². The van der Waals surface area contributed by atoms with E-state index in [-0.39, 0.29) is 6.42 Å². The molecule has 0 aliphatic rings. The average Bonchev–Trinajstić information content (AvgIpc) is 2.47. The van der Waals surface area contributed by atoms with E-state index in [4.69, 9.17) is 4.74 Å². The van der Waals surface area contributed by atoms with Crippen molar-refractivity contribution >= 4 is 12.0 Å². The second-order valence-electron chi connectivity index (χ2n) is 4.80. The Kier molecular flexibility index (Phi) is 7.25. The zero-order chi connectivity index (χ0) is 15.7. The zero-order valence-corrected chi connectivity index (χ0v) is 12.4. The number of urea groups is 1. The Labute approximate surface area is 124 Å². The van der Waals surface area contributed by atoms with E-state index in [1.54, 1.807) is 14.2 Å². The van der Waals surface area contributed by atoms with Crippen molar-refractivity contribution in [3.05, 3.63) is 35.9 Å². The summed E-state index contributed by atoms with van der Waals surface area (Å²) in [6.45, 7) is 1.07. The summed E-state index contributed by atoms with van der Waals surface area (Å²) >= 11 is 0. The number of nitrogens with one attached hydrogen (secondary N) is 1. The molecule has 0 aromatic heterocycles. The number of amides is 2. The minimum atomic E-state index is -1.04. The van der Waals surface area contributed by atoms with Crippen LogP contribution in [0.4, 0.5) is 4.79 Å². The molecule has 6 heteroatoms. The normalized spacial score (nSPS) is 11.7. The number of carboxylic acids is 1. The second-order valence-corrected chi connectivity index (χ2v) is 4.80. The van der Waals surface area contributed by atoms with Crippen molar-refractivity contribution in [2.75, 3.05) is 27.3 Å². The first-order chi connectivity index (χ1) is 10.0. The first kappa shape index (κ1) is 17.0. The fourth-order valence-corrected chi connectivity index (χ4v) is 1.86. The van der Waals surface area contributed by atoms with E-state index in [1.165, 1.54) is 4.90 Å². The zero-order valence-electron chi connectivity index (χ0n) is 12.4. The highest BCUT2D eigenvalue weighted by atomic mass is 16.5. The van der Waals surface area contributed by atoms with Crippen LogP contribution in [-0.2, 0) is 16.0 Å². The Morgan fingerprint density at radius 2 is 2.00 bits per heavy atom. The van der Waals surface area contributed by atoms with Crippen molar-refractivity contribution in [1.29, 1.82) is 0 Å². The van der Waals surface area contributed by atoms with Gasteiger partial charge < -0.3 is 20.1 Å². The fraction of sp³-hybridized carbons (Fsp3) is 0.467. The summed E-state index contributed by atoms with van der Waals surface area (Å²) < 4.78 is 4.92. The van der Waals surface area contributed by atoms with Crippen LogP contribution in [0, 0.1) is 0 Å². The standard InChI is InChI=1S/C15H22N2O4/c1-17(9-6-10-21-2)15(20)16-13(14(18)19)11-12-7-4-3-5-8-12/h3-5,7-8,13H,6,9-11H2,1-2H3,(H,16,20)(H,18,19)/t13-/m0/s1. The van der Waals surface area contributed by atoms with Crippen LogP contribution in [0.15, 0.2) is 30.3 Å². The number of hydrogen-bond donors (Lipinski definition) is 2. The molecule has 21 heavy (non-hydrogen) atoms. The number of hydrogen-bond acceptors (Lipinski definition) is 3. The predicted molar refractivity (Wildman–Crippen MR) is 79.2 cm³/mol. The molecule has 1 aromatic carbocycles. The molecule has 0 heterocycles. The average molecular weight is 294 g/mol. The Bertz CT molecular complexity index is 450. The minimum Gasteiger partial charge on any atom is -0.480 e. The maximum absolute atomic E-state index is 12.0. The van der Waals surface area contributed by atoms with E-state index < -0.39 is 18.0 Å². The lowest BCUT2D eigenvalue weighted by Crippen LogP contribution is -2.48. The molecule has 0 saturated carbocycles. The summed E-state index contributed by atoms with van der Waals surface area (Å²) in [5.74, 6) is -1.04. The number of aliphatic carboxylic acids is 1. The van der Waals surface area contributed by atoms with Crippen LogP contribution in [0.3, 0.4) is 0 Å². The minimum absolute atomic E-state index is 0.258. The lowest BCUT2D eigenvalue weighted by molar-refractivity contribution is -0.139.